The van der Waals surface area contributed by atoms with E-state index in [4.69, 9.17) is 9.15 Å². The van der Waals surface area contributed by atoms with E-state index in [1.54, 1.807) is 12.3 Å². The Bertz CT molecular complexity index is 415. The van der Waals surface area contributed by atoms with E-state index >= 15 is 0 Å². The molecule has 1 fully saturated rings. The van der Waals surface area contributed by atoms with Gasteiger partial charge in [0.25, 0.3) is 0 Å². The molecule has 5 heteroatoms. The van der Waals surface area contributed by atoms with Gasteiger partial charge in [-0.05, 0) is 45.0 Å². The first-order chi connectivity index (χ1) is 9.24. The van der Waals surface area contributed by atoms with Crippen molar-refractivity contribution in [3.8, 4) is 0 Å². The molecular formula is C14H22N2O3. The maximum absolute atomic E-state index is 11.6. The predicted molar refractivity (Wildman–Crippen MR) is 72.0 cm³/mol. The summed E-state index contributed by atoms with van der Waals surface area (Å²) in [6.45, 7) is 3.82. The maximum Gasteiger partial charge on any atom is 0.341 e. The van der Waals surface area contributed by atoms with Gasteiger partial charge >= 0.3 is 5.97 Å². The van der Waals surface area contributed by atoms with Crippen molar-refractivity contribution in [1.29, 1.82) is 0 Å². The third kappa shape index (κ3) is 3.58. The Balaban J connectivity index is 1.97. The van der Waals surface area contributed by atoms with Crippen molar-refractivity contribution >= 4 is 5.97 Å². The van der Waals surface area contributed by atoms with Gasteiger partial charge in [0.1, 0.15) is 11.3 Å². The summed E-state index contributed by atoms with van der Waals surface area (Å²) in [5, 5.41) is 3.23. The fourth-order valence-electron chi connectivity index (χ4n) is 2.71. The molecule has 2 heterocycles. The molecule has 0 bridgehead atoms. The molecule has 1 aliphatic heterocycles. The summed E-state index contributed by atoms with van der Waals surface area (Å²) in [6, 6.07) is 1.68. The third-order valence-corrected chi connectivity index (χ3v) is 3.61. The lowest BCUT2D eigenvalue weighted by molar-refractivity contribution is 0.0595. The zero-order valence-corrected chi connectivity index (χ0v) is 11.6. The molecule has 1 aromatic heterocycles. The van der Waals surface area contributed by atoms with E-state index in [2.05, 4.69) is 10.2 Å². The highest BCUT2D eigenvalue weighted by Crippen LogP contribution is 2.20. The van der Waals surface area contributed by atoms with Crippen LogP contribution in [0, 0.1) is 5.92 Å². The lowest BCUT2D eigenvalue weighted by atomic mass is 9.98. The maximum atomic E-state index is 11.6. The van der Waals surface area contributed by atoms with Crippen LogP contribution in [0.15, 0.2) is 16.7 Å². The van der Waals surface area contributed by atoms with Crippen LogP contribution in [-0.2, 0) is 11.3 Å². The van der Waals surface area contributed by atoms with Crippen LogP contribution in [0.5, 0.6) is 0 Å². The molecule has 1 unspecified atom stereocenters. The summed E-state index contributed by atoms with van der Waals surface area (Å²) in [6.07, 6.45) is 4.01. The molecule has 106 valence electrons. The topological polar surface area (TPSA) is 54.7 Å². The van der Waals surface area contributed by atoms with Gasteiger partial charge in [-0.2, -0.15) is 0 Å². The molecule has 0 saturated carbocycles. The number of hydrogen-bond acceptors (Lipinski definition) is 5. The number of likely N-dealkylation sites (tertiary alicyclic amines) is 1. The highest BCUT2D eigenvalue weighted by molar-refractivity contribution is 5.90. The number of ether oxygens (including phenoxy) is 1. The van der Waals surface area contributed by atoms with Gasteiger partial charge < -0.3 is 14.5 Å². The fourth-order valence-corrected chi connectivity index (χ4v) is 2.71. The van der Waals surface area contributed by atoms with Gasteiger partial charge in [0.2, 0.25) is 0 Å². The number of nitrogens with zero attached hydrogens (tertiary/aromatic N) is 1. The van der Waals surface area contributed by atoms with E-state index in [-0.39, 0.29) is 5.97 Å². The van der Waals surface area contributed by atoms with Crippen LogP contribution in [0.4, 0.5) is 0 Å². The zero-order chi connectivity index (χ0) is 13.7. The highest BCUT2D eigenvalue weighted by Gasteiger charge is 2.23. The Labute approximate surface area is 113 Å². The molecule has 5 nitrogen and oxygen atoms in total. The Morgan fingerprint density at radius 1 is 1.63 bits per heavy atom. The van der Waals surface area contributed by atoms with Crippen molar-refractivity contribution in [2.45, 2.75) is 19.4 Å². The van der Waals surface area contributed by atoms with E-state index in [9.17, 15) is 4.79 Å². The lowest BCUT2D eigenvalue weighted by Gasteiger charge is -2.32. The first-order valence-corrected chi connectivity index (χ1v) is 6.76. The summed E-state index contributed by atoms with van der Waals surface area (Å²) < 4.78 is 10.2. The average Bonchev–Trinajstić information content (AvgIpc) is 2.87. The smallest absolute Gasteiger partial charge is 0.341 e. The second-order valence-corrected chi connectivity index (χ2v) is 5.05. The number of carbonyl (C=O) groups excluding carboxylic acids is 1. The van der Waals surface area contributed by atoms with E-state index in [1.165, 1.54) is 20.0 Å². The monoisotopic (exact) mass is 266 g/mol. The van der Waals surface area contributed by atoms with Crippen LogP contribution in [-0.4, -0.2) is 44.7 Å². The second-order valence-electron chi connectivity index (χ2n) is 5.05. The summed E-state index contributed by atoms with van der Waals surface area (Å²) in [4.78, 5) is 13.9. The van der Waals surface area contributed by atoms with Gasteiger partial charge in [0.05, 0.1) is 19.9 Å². The lowest BCUT2D eigenvalue weighted by Crippen LogP contribution is -2.38. The van der Waals surface area contributed by atoms with Gasteiger partial charge in [-0.3, -0.25) is 4.90 Å². The zero-order valence-electron chi connectivity index (χ0n) is 11.6. The molecule has 0 radical (unpaired) electrons. The summed E-state index contributed by atoms with van der Waals surface area (Å²) in [5.74, 6) is 1.06. The summed E-state index contributed by atoms with van der Waals surface area (Å²) >= 11 is 0. The Kier molecular flexibility index (Phi) is 4.99. The van der Waals surface area contributed by atoms with Gasteiger partial charge in [-0.1, -0.05) is 0 Å². The van der Waals surface area contributed by atoms with Crippen molar-refractivity contribution in [2.24, 2.45) is 5.92 Å². The number of rotatable bonds is 5. The molecule has 1 aromatic rings. The second kappa shape index (κ2) is 6.73. The largest absolute Gasteiger partial charge is 0.467 e. The number of furan rings is 1. The first-order valence-electron chi connectivity index (χ1n) is 6.76. The minimum absolute atomic E-state index is 0.326. The van der Waals surface area contributed by atoms with Crippen molar-refractivity contribution in [1.82, 2.24) is 10.2 Å². The van der Waals surface area contributed by atoms with Crippen LogP contribution < -0.4 is 5.32 Å². The first kappa shape index (κ1) is 14.1. The van der Waals surface area contributed by atoms with Gasteiger partial charge in [-0.25, -0.2) is 4.79 Å². The predicted octanol–water partition coefficient (Wildman–Crippen LogP) is 1.50. The molecule has 1 N–H and O–H groups in total. The van der Waals surface area contributed by atoms with Crippen molar-refractivity contribution in [2.75, 3.05) is 33.8 Å². The molecule has 1 atom stereocenters. The molecular weight excluding hydrogens is 244 g/mol. The number of hydrogen-bond donors (Lipinski definition) is 1. The Morgan fingerprint density at radius 2 is 2.47 bits per heavy atom. The van der Waals surface area contributed by atoms with Crippen LogP contribution in [0.3, 0.4) is 0 Å². The summed E-state index contributed by atoms with van der Waals surface area (Å²) in [5.41, 5.74) is 0.540. The molecule has 1 saturated heterocycles. The number of esters is 1. The van der Waals surface area contributed by atoms with Crippen molar-refractivity contribution in [3.63, 3.8) is 0 Å². The molecule has 2 rings (SSSR count). The molecule has 0 amide bonds. The van der Waals surface area contributed by atoms with Crippen LogP contribution in [0.25, 0.3) is 0 Å². The van der Waals surface area contributed by atoms with Gasteiger partial charge in [0, 0.05) is 6.54 Å². The van der Waals surface area contributed by atoms with E-state index in [0.717, 1.165) is 19.6 Å². The number of piperidine rings is 1. The van der Waals surface area contributed by atoms with Crippen molar-refractivity contribution in [3.05, 3.63) is 23.7 Å². The van der Waals surface area contributed by atoms with Crippen molar-refractivity contribution < 1.29 is 13.9 Å². The third-order valence-electron chi connectivity index (χ3n) is 3.61. The molecule has 1 aliphatic rings. The molecule has 0 aromatic carbocycles. The Hall–Kier alpha value is -1.33. The SMILES string of the molecule is CNCC1CCCN(Cc2occc2C(=O)OC)C1. The number of methoxy groups -OCH3 is 1. The van der Waals surface area contributed by atoms with E-state index < -0.39 is 0 Å². The van der Waals surface area contributed by atoms with Crippen LogP contribution >= 0.6 is 0 Å². The molecule has 19 heavy (non-hydrogen) atoms. The van der Waals surface area contributed by atoms with Gasteiger partial charge in [-0.15, -0.1) is 0 Å². The quantitative estimate of drug-likeness (QED) is 0.818. The molecule has 0 spiro atoms. The van der Waals surface area contributed by atoms with Gasteiger partial charge in [0.15, 0.2) is 0 Å². The van der Waals surface area contributed by atoms with E-state index in [0.29, 0.717) is 23.8 Å². The van der Waals surface area contributed by atoms with Crippen LogP contribution in [0.2, 0.25) is 0 Å². The normalized spacial score (nSPS) is 20.4. The minimum Gasteiger partial charge on any atom is -0.467 e. The standard InChI is InChI=1S/C14H22N2O3/c1-15-8-11-4-3-6-16(9-11)10-13-12(5-7-19-13)14(17)18-2/h5,7,11,15H,3-4,6,8-10H2,1-2H3. The van der Waals surface area contributed by atoms with E-state index in [1.807, 2.05) is 7.05 Å². The number of nitrogens with one attached hydrogen (secondary N) is 1. The number of carbonyl (C=O) groups is 1. The Morgan fingerprint density at radius 3 is 3.21 bits per heavy atom. The summed E-state index contributed by atoms with van der Waals surface area (Å²) in [7, 11) is 3.38. The highest BCUT2D eigenvalue weighted by atomic mass is 16.5. The average molecular weight is 266 g/mol. The van der Waals surface area contributed by atoms with Crippen LogP contribution in [0.1, 0.15) is 29.0 Å². The molecule has 0 aliphatic carbocycles. The minimum atomic E-state index is -0.326. The fraction of sp³-hybridized carbons (Fsp3) is 0.643.